The van der Waals surface area contributed by atoms with Gasteiger partial charge < -0.3 is 0 Å². The second-order valence-electron chi connectivity index (χ2n) is 9.58. The van der Waals surface area contributed by atoms with Crippen LogP contribution in [0.15, 0.2) is 121 Å². The molecule has 0 amide bonds. The number of carbonyl (C=O) groups excluding carboxylic acids is 1. The molecule has 170 valence electrons. The van der Waals surface area contributed by atoms with E-state index in [0.717, 1.165) is 12.0 Å². The van der Waals surface area contributed by atoms with Crippen LogP contribution in [0.2, 0.25) is 0 Å². The lowest BCUT2D eigenvalue weighted by Crippen LogP contribution is -1.92. The largest absolute Gasteiger partial charge is 0.294 e. The summed E-state index contributed by atoms with van der Waals surface area (Å²) in [6, 6.07) is 43.4. The second kappa shape index (κ2) is 8.32. The van der Waals surface area contributed by atoms with Crippen molar-refractivity contribution < 1.29 is 4.79 Å². The van der Waals surface area contributed by atoms with Gasteiger partial charge >= 0.3 is 0 Å². The van der Waals surface area contributed by atoms with Crippen molar-refractivity contribution in [3.05, 3.63) is 132 Å². The van der Waals surface area contributed by atoms with Gasteiger partial charge in [-0.3, -0.25) is 4.79 Å². The number of hydrogen-bond donors (Lipinski definition) is 0. The Kier molecular flexibility index (Phi) is 4.82. The summed E-state index contributed by atoms with van der Waals surface area (Å²) >= 11 is 0. The van der Waals surface area contributed by atoms with Gasteiger partial charge in [-0.25, -0.2) is 0 Å². The normalized spacial score (nSPS) is 12.8. The molecule has 0 bridgehead atoms. The Morgan fingerprint density at radius 1 is 0.417 bits per heavy atom. The van der Waals surface area contributed by atoms with Crippen LogP contribution in [0.25, 0.3) is 54.9 Å². The Hall–Kier alpha value is -4.49. The molecule has 0 saturated carbocycles. The molecule has 1 aliphatic carbocycles. The van der Waals surface area contributed by atoms with E-state index < -0.39 is 0 Å². The van der Waals surface area contributed by atoms with E-state index in [-0.39, 0.29) is 5.78 Å². The van der Waals surface area contributed by atoms with Crippen LogP contribution in [-0.2, 0) is 6.42 Å². The minimum atomic E-state index is 0.266. The fraction of sp³-hybridized carbons (Fsp3) is 0.0571. The van der Waals surface area contributed by atoms with Gasteiger partial charge in [0.05, 0.1) is 0 Å². The van der Waals surface area contributed by atoms with Gasteiger partial charge in [-0.1, -0.05) is 115 Å². The van der Waals surface area contributed by atoms with Crippen LogP contribution in [0.4, 0.5) is 0 Å². The first-order chi connectivity index (χ1) is 17.8. The van der Waals surface area contributed by atoms with E-state index in [2.05, 4.69) is 115 Å². The first kappa shape index (κ1) is 20.8. The molecule has 1 heteroatoms. The summed E-state index contributed by atoms with van der Waals surface area (Å²) in [4.78, 5) is 12.1. The molecule has 0 spiro atoms. The van der Waals surface area contributed by atoms with Gasteiger partial charge in [0.15, 0.2) is 5.78 Å². The summed E-state index contributed by atoms with van der Waals surface area (Å²) in [5, 5.41) is 5.04. The third kappa shape index (κ3) is 3.28. The zero-order chi connectivity index (χ0) is 24.1. The molecule has 6 aromatic rings. The van der Waals surface area contributed by atoms with E-state index in [1.54, 1.807) is 0 Å². The van der Waals surface area contributed by atoms with Gasteiger partial charge in [-0.2, -0.15) is 0 Å². The fourth-order valence-corrected chi connectivity index (χ4v) is 5.84. The molecule has 0 saturated heterocycles. The maximum Gasteiger partial charge on any atom is 0.163 e. The summed E-state index contributed by atoms with van der Waals surface area (Å²) in [5.41, 5.74) is 9.39. The molecule has 1 aliphatic rings. The average molecular weight is 461 g/mol. The number of Topliss-reactive ketones (excluding diaryl/α,β-unsaturated/α-hetero) is 1. The standard InChI is InChI=1S/C35H24O/c36-33-20-18-26-21-25(17-19-28(26)33)24-11-8-12-27(22-24)35-31-15-6-4-13-29(31)34(23-9-2-1-3-10-23)30-14-5-7-16-32(30)35/h1-17,19,21-22H,18,20H2. The van der Waals surface area contributed by atoms with Gasteiger partial charge in [0.25, 0.3) is 0 Å². The number of aryl methyl sites for hydroxylation is 1. The number of ketones is 1. The molecule has 0 N–H and O–H groups in total. The van der Waals surface area contributed by atoms with E-state index in [0.29, 0.717) is 6.42 Å². The minimum Gasteiger partial charge on any atom is -0.294 e. The molecule has 0 radical (unpaired) electrons. The molecule has 0 fully saturated rings. The molecule has 0 unspecified atom stereocenters. The van der Waals surface area contributed by atoms with Crippen LogP contribution >= 0.6 is 0 Å². The summed E-state index contributed by atoms with van der Waals surface area (Å²) in [6.45, 7) is 0. The van der Waals surface area contributed by atoms with Gasteiger partial charge in [0.2, 0.25) is 0 Å². The Balaban J connectivity index is 1.49. The number of benzene rings is 6. The average Bonchev–Trinajstić information content (AvgIpc) is 3.32. The fourth-order valence-electron chi connectivity index (χ4n) is 5.84. The predicted molar refractivity (Wildman–Crippen MR) is 150 cm³/mol. The van der Waals surface area contributed by atoms with Crippen molar-refractivity contribution in [2.24, 2.45) is 0 Å². The van der Waals surface area contributed by atoms with Gasteiger partial charge in [-0.15, -0.1) is 0 Å². The highest BCUT2D eigenvalue weighted by molar-refractivity contribution is 6.21. The summed E-state index contributed by atoms with van der Waals surface area (Å²) in [7, 11) is 0. The highest BCUT2D eigenvalue weighted by atomic mass is 16.1. The third-order valence-corrected chi connectivity index (χ3v) is 7.51. The lowest BCUT2D eigenvalue weighted by Gasteiger charge is -2.18. The van der Waals surface area contributed by atoms with E-state index in [1.807, 2.05) is 6.07 Å². The lowest BCUT2D eigenvalue weighted by molar-refractivity contribution is 0.0994. The van der Waals surface area contributed by atoms with E-state index in [4.69, 9.17) is 0 Å². The first-order valence-electron chi connectivity index (χ1n) is 12.5. The van der Waals surface area contributed by atoms with Crippen molar-refractivity contribution in [1.82, 2.24) is 0 Å². The smallest absolute Gasteiger partial charge is 0.163 e. The zero-order valence-electron chi connectivity index (χ0n) is 19.9. The monoisotopic (exact) mass is 460 g/mol. The lowest BCUT2D eigenvalue weighted by atomic mass is 9.85. The molecule has 0 heterocycles. The molecule has 0 atom stereocenters. The minimum absolute atomic E-state index is 0.266. The molecule has 6 aromatic carbocycles. The maximum absolute atomic E-state index is 12.1. The van der Waals surface area contributed by atoms with Crippen LogP contribution in [-0.4, -0.2) is 5.78 Å². The SMILES string of the molecule is O=C1CCc2cc(-c3cccc(-c4c5ccccc5c(-c5ccccc5)c5ccccc45)c3)ccc21. The van der Waals surface area contributed by atoms with Gasteiger partial charge in [0.1, 0.15) is 0 Å². The molecule has 0 aliphatic heterocycles. The van der Waals surface area contributed by atoms with E-state index in [9.17, 15) is 4.79 Å². The third-order valence-electron chi connectivity index (χ3n) is 7.51. The van der Waals surface area contributed by atoms with Crippen LogP contribution in [0.1, 0.15) is 22.3 Å². The quantitative estimate of drug-likeness (QED) is 0.241. The molecule has 0 aromatic heterocycles. The highest BCUT2D eigenvalue weighted by Crippen LogP contribution is 2.44. The van der Waals surface area contributed by atoms with Crippen LogP contribution in [0.3, 0.4) is 0 Å². The van der Waals surface area contributed by atoms with Crippen molar-refractivity contribution in [1.29, 1.82) is 0 Å². The Morgan fingerprint density at radius 2 is 0.944 bits per heavy atom. The number of fused-ring (bicyclic) bond motifs is 3. The highest BCUT2D eigenvalue weighted by Gasteiger charge is 2.20. The summed E-state index contributed by atoms with van der Waals surface area (Å²) in [5.74, 6) is 0.266. The van der Waals surface area contributed by atoms with Gasteiger partial charge in [-0.05, 0) is 73.0 Å². The molecular formula is C35H24O. The topological polar surface area (TPSA) is 17.1 Å². The van der Waals surface area contributed by atoms with Crippen molar-refractivity contribution in [3.8, 4) is 33.4 Å². The van der Waals surface area contributed by atoms with E-state index in [1.165, 1.54) is 60.5 Å². The summed E-state index contributed by atoms with van der Waals surface area (Å²) in [6.07, 6.45) is 1.47. The van der Waals surface area contributed by atoms with Crippen LogP contribution in [0, 0.1) is 0 Å². The van der Waals surface area contributed by atoms with Crippen LogP contribution < -0.4 is 0 Å². The first-order valence-corrected chi connectivity index (χ1v) is 12.5. The van der Waals surface area contributed by atoms with Crippen molar-refractivity contribution in [2.75, 3.05) is 0 Å². The molecule has 7 rings (SSSR count). The number of hydrogen-bond acceptors (Lipinski definition) is 1. The maximum atomic E-state index is 12.1. The molecule has 1 nitrogen and oxygen atoms in total. The molecular weight excluding hydrogens is 436 g/mol. The predicted octanol–water partition coefficient (Wildman–Crippen LogP) is 9.12. The zero-order valence-corrected chi connectivity index (χ0v) is 19.9. The second-order valence-corrected chi connectivity index (χ2v) is 9.58. The van der Waals surface area contributed by atoms with Gasteiger partial charge in [0, 0.05) is 12.0 Å². The number of rotatable bonds is 3. The van der Waals surface area contributed by atoms with Crippen molar-refractivity contribution in [3.63, 3.8) is 0 Å². The Bertz CT molecular complexity index is 1740. The van der Waals surface area contributed by atoms with Crippen LogP contribution in [0.5, 0.6) is 0 Å². The Morgan fingerprint density at radius 3 is 1.61 bits per heavy atom. The van der Waals surface area contributed by atoms with Crippen molar-refractivity contribution >= 4 is 27.3 Å². The number of carbonyl (C=O) groups is 1. The summed E-state index contributed by atoms with van der Waals surface area (Å²) < 4.78 is 0. The van der Waals surface area contributed by atoms with Crippen molar-refractivity contribution in [2.45, 2.75) is 12.8 Å². The van der Waals surface area contributed by atoms with E-state index >= 15 is 0 Å². The Labute approximate surface area is 210 Å². The molecule has 36 heavy (non-hydrogen) atoms.